The molecule has 0 aliphatic heterocycles. The summed E-state index contributed by atoms with van der Waals surface area (Å²) in [7, 11) is 0. The number of nitrogens with zero attached hydrogens (tertiary/aromatic N) is 3. The van der Waals surface area contributed by atoms with Crippen LogP contribution >= 0.6 is 0 Å². The molecule has 3 rings (SSSR count). The molecule has 0 spiro atoms. The Balaban J connectivity index is 1.62. The Labute approximate surface area is 110 Å². The highest BCUT2D eigenvalue weighted by Gasteiger charge is 2.04. The molecule has 1 aliphatic carbocycles. The Kier molecular flexibility index (Phi) is 3.31. The van der Waals surface area contributed by atoms with Crippen LogP contribution < -0.4 is 11.0 Å². The average Bonchev–Trinajstić information content (AvgIpc) is 2.81. The fourth-order valence-electron chi connectivity index (χ4n) is 2.39. The lowest BCUT2D eigenvalue weighted by Crippen LogP contribution is -2.11. The maximum absolute atomic E-state index is 11.3. The van der Waals surface area contributed by atoms with Crippen molar-refractivity contribution in [2.24, 2.45) is 0 Å². The molecule has 0 fully saturated rings. The quantitative estimate of drug-likeness (QED) is 0.820. The number of anilines is 1. The molecule has 1 aliphatic rings. The average molecular weight is 259 g/mol. The number of hydrogen-bond donors (Lipinski definition) is 2. The highest BCUT2D eigenvalue weighted by Crippen LogP contribution is 2.19. The monoisotopic (exact) mass is 259 g/mol. The standard InChI is InChI=1S/C13H17N5O/c19-13-17-16-12-8-11(15-9-18(12)13)14-7-6-10-4-2-1-3-5-10/h4,8-9,14H,1-3,5-7H2,(H,17,19). The highest BCUT2D eigenvalue weighted by atomic mass is 16.1. The van der Waals surface area contributed by atoms with Crippen molar-refractivity contribution in [1.29, 1.82) is 0 Å². The lowest BCUT2D eigenvalue weighted by molar-refractivity contribution is 0.679. The van der Waals surface area contributed by atoms with Gasteiger partial charge in [0.05, 0.1) is 0 Å². The van der Waals surface area contributed by atoms with E-state index in [4.69, 9.17) is 0 Å². The van der Waals surface area contributed by atoms with E-state index in [9.17, 15) is 4.79 Å². The molecule has 0 saturated carbocycles. The van der Waals surface area contributed by atoms with E-state index in [0.717, 1.165) is 18.8 Å². The second-order valence-electron chi connectivity index (χ2n) is 4.82. The summed E-state index contributed by atoms with van der Waals surface area (Å²) in [6.07, 6.45) is 9.98. The first kappa shape index (κ1) is 12.0. The van der Waals surface area contributed by atoms with Crippen LogP contribution in [0.15, 0.2) is 28.8 Å². The summed E-state index contributed by atoms with van der Waals surface area (Å²) in [5, 5.41) is 9.58. The predicted molar refractivity (Wildman–Crippen MR) is 73.3 cm³/mol. The van der Waals surface area contributed by atoms with Crippen LogP contribution in [0, 0.1) is 0 Å². The summed E-state index contributed by atoms with van der Waals surface area (Å²) in [5.41, 5.74) is 1.86. The fraction of sp³-hybridized carbons (Fsp3) is 0.462. The van der Waals surface area contributed by atoms with Gasteiger partial charge < -0.3 is 5.32 Å². The fourth-order valence-corrected chi connectivity index (χ4v) is 2.39. The lowest BCUT2D eigenvalue weighted by Gasteiger charge is -2.13. The largest absolute Gasteiger partial charge is 0.370 e. The third kappa shape index (κ3) is 2.67. The zero-order valence-electron chi connectivity index (χ0n) is 10.7. The second-order valence-corrected chi connectivity index (χ2v) is 4.82. The Morgan fingerprint density at radius 3 is 3.21 bits per heavy atom. The van der Waals surface area contributed by atoms with Gasteiger partial charge in [-0.15, -0.1) is 0 Å². The number of H-pyrrole nitrogens is 1. The van der Waals surface area contributed by atoms with Crippen molar-refractivity contribution in [3.8, 4) is 0 Å². The van der Waals surface area contributed by atoms with Crippen LogP contribution in [-0.4, -0.2) is 26.1 Å². The molecule has 0 bridgehead atoms. The van der Waals surface area contributed by atoms with E-state index >= 15 is 0 Å². The summed E-state index contributed by atoms with van der Waals surface area (Å²) in [6, 6.07) is 1.77. The molecular formula is C13H17N5O. The maximum Gasteiger partial charge on any atom is 0.348 e. The van der Waals surface area contributed by atoms with E-state index in [1.807, 2.05) is 0 Å². The molecule has 6 nitrogen and oxygen atoms in total. The van der Waals surface area contributed by atoms with E-state index in [0.29, 0.717) is 5.65 Å². The van der Waals surface area contributed by atoms with E-state index in [2.05, 4.69) is 26.6 Å². The van der Waals surface area contributed by atoms with E-state index in [1.165, 1.54) is 42.0 Å². The highest BCUT2D eigenvalue weighted by molar-refractivity contribution is 5.48. The molecule has 0 radical (unpaired) electrons. The molecule has 0 unspecified atom stereocenters. The number of aromatic amines is 1. The molecule has 6 heteroatoms. The van der Waals surface area contributed by atoms with E-state index < -0.39 is 0 Å². The first-order valence-corrected chi connectivity index (χ1v) is 6.67. The van der Waals surface area contributed by atoms with Crippen molar-refractivity contribution >= 4 is 11.5 Å². The van der Waals surface area contributed by atoms with Crippen LogP contribution in [0.3, 0.4) is 0 Å². The lowest BCUT2D eigenvalue weighted by atomic mass is 9.97. The van der Waals surface area contributed by atoms with Gasteiger partial charge in [0.15, 0.2) is 5.65 Å². The van der Waals surface area contributed by atoms with Crippen LogP contribution in [0.25, 0.3) is 5.65 Å². The Morgan fingerprint density at radius 1 is 1.42 bits per heavy atom. The van der Waals surface area contributed by atoms with Gasteiger partial charge in [0.1, 0.15) is 12.1 Å². The van der Waals surface area contributed by atoms with Crippen molar-refractivity contribution in [1.82, 2.24) is 19.6 Å². The van der Waals surface area contributed by atoms with Gasteiger partial charge in [0.25, 0.3) is 0 Å². The smallest absolute Gasteiger partial charge is 0.348 e. The van der Waals surface area contributed by atoms with Gasteiger partial charge in [-0.25, -0.2) is 19.3 Å². The van der Waals surface area contributed by atoms with Gasteiger partial charge in [-0.1, -0.05) is 11.6 Å². The minimum Gasteiger partial charge on any atom is -0.370 e. The molecule has 19 heavy (non-hydrogen) atoms. The normalized spacial score (nSPS) is 15.5. The summed E-state index contributed by atoms with van der Waals surface area (Å²) >= 11 is 0. The number of rotatable bonds is 4. The van der Waals surface area contributed by atoms with Crippen molar-refractivity contribution in [3.63, 3.8) is 0 Å². The van der Waals surface area contributed by atoms with Gasteiger partial charge in [-0.3, -0.25) is 0 Å². The van der Waals surface area contributed by atoms with Crippen LogP contribution in [0.5, 0.6) is 0 Å². The van der Waals surface area contributed by atoms with Gasteiger partial charge >= 0.3 is 5.69 Å². The molecule has 100 valence electrons. The molecule has 2 heterocycles. The van der Waals surface area contributed by atoms with Crippen molar-refractivity contribution in [3.05, 3.63) is 34.5 Å². The first-order valence-electron chi connectivity index (χ1n) is 6.67. The zero-order valence-corrected chi connectivity index (χ0v) is 10.7. The SMILES string of the molecule is O=c1[nH]nc2cc(NCCC3=CCCCC3)ncn12. The van der Waals surface area contributed by atoms with Gasteiger partial charge in [-0.05, 0) is 32.1 Å². The third-order valence-electron chi connectivity index (χ3n) is 3.45. The number of fused-ring (bicyclic) bond motifs is 1. The molecular weight excluding hydrogens is 242 g/mol. The minimum absolute atomic E-state index is 0.263. The number of allylic oxidation sites excluding steroid dienone is 1. The second kappa shape index (κ2) is 5.26. The topological polar surface area (TPSA) is 75.1 Å². The minimum atomic E-state index is -0.263. The predicted octanol–water partition coefficient (Wildman–Crippen LogP) is 1.72. The number of hydrogen-bond acceptors (Lipinski definition) is 4. The van der Waals surface area contributed by atoms with Gasteiger partial charge in [0.2, 0.25) is 0 Å². The van der Waals surface area contributed by atoms with Crippen LogP contribution in [0.1, 0.15) is 32.1 Å². The summed E-state index contributed by atoms with van der Waals surface area (Å²) in [6.45, 7) is 0.865. The summed E-state index contributed by atoms with van der Waals surface area (Å²) in [5.74, 6) is 0.753. The van der Waals surface area contributed by atoms with Crippen molar-refractivity contribution in [2.45, 2.75) is 32.1 Å². The van der Waals surface area contributed by atoms with Crippen molar-refractivity contribution in [2.75, 3.05) is 11.9 Å². The van der Waals surface area contributed by atoms with Gasteiger partial charge in [0, 0.05) is 12.6 Å². The molecule has 2 aromatic rings. The Bertz CT molecular complexity index is 654. The third-order valence-corrected chi connectivity index (χ3v) is 3.45. The van der Waals surface area contributed by atoms with Crippen LogP contribution in [0.2, 0.25) is 0 Å². The number of nitrogens with one attached hydrogen (secondary N) is 2. The van der Waals surface area contributed by atoms with E-state index in [-0.39, 0.29) is 5.69 Å². The Morgan fingerprint density at radius 2 is 2.37 bits per heavy atom. The summed E-state index contributed by atoms with van der Waals surface area (Å²) in [4.78, 5) is 15.5. The first-order chi connectivity index (χ1) is 9.33. The summed E-state index contributed by atoms with van der Waals surface area (Å²) < 4.78 is 1.38. The Hall–Kier alpha value is -2.11. The zero-order chi connectivity index (χ0) is 13.1. The van der Waals surface area contributed by atoms with Gasteiger partial charge in [-0.2, -0.15) is 5.10 Å². The molecule has 0 atom stereocenters. The van der Waals surface area contributed by atoms with Crippen LogP contribution in [0.4, 0.5) is 5.82 Å². The molecule has 0 aromatic carbocycles. The molecule has 2 N–H and O–H groups in total. The van der Waals surface area contributed by atoms with Crippen molar-refractivity contribution < 1.29 is 0 Å². The van der Waals surface area contributed by atoms with Crippen LogP contribution in [-0.2, 0) is 0 Å². The number of aromatic nitrogens is 4. The molecule has 0 amide bonds. The molecule has 0 saturated heterocycles. The van der Waals surface area contributed by atoms with E-state index in [1.54, 1.807) is 6.07 Å². The maximum atomic E-state index is 11.3. The molecule has 2 aromatic heterocycles.